The standard InChI is InChI=1S/C17H25NO3/c1-3-21-16-7-5-4-6-15(16)17(19)18-11-8-14(9-12-18)10-13-20-2/h4-7,14H,3,8-13H2,1-2H3. The third-order valence-electron chi connectivity index (χ3n) is 4.05. The van der Waals surface area contributed by atoms with E-state index in [4.69, 9.17) is 9.47 Å². The summed E-state index contributed by atoms with van der Waals surface area (Å²) in [5.41, 5.74) is 0.676. The number of amides is 1. The van der Waals surface area contributed by atoms with Gasteiger partial charge in [-0.1, -0.05) is 12.1 Å². The molecule has 0 N–H and O–H groups in total. The Morgan fingerprint density at radius 1 is 1.29 bits per heavy atom. The van der Waals surface area contributed by atoms with Gasteiger partial charge in [-0.15, -0.1) is 0 Å². The minimum Gasteiger partial charge on any atom is -0.493 e. The summed E-state index contributed by atoms with van der Waals surface area (Å²) in [6, 6.07) is 7.51. The first-order valence-electron chi connectivity index (χ1n) is 7.76. The number of hydrogen-bond donors (Lipinski definition) is 0. The highest BCUT2D eigenvalue weighted by molar-refractivity contribution is 5.97. The van der Waals surface area contributed by atoms with Crippen LogP contribution in [0.1, 0.15) is 36.5 Å². The number of piperidine rings is 1. The van der Waals surface area contributed by atoms with E-state index in [1.807, 2.05) is 36.1 Å². The van der Waals surface area contributed by atoms with E-state index in [2.05, 4.69) is 0 Å². The largest absolute Gasteiger partial charge is 0.493 e. The van der Waals surface area contributed by atoms with Crippen molar-refractivity contribution in [2.24, 2.45) is 5.92 Å². The number of carbonyl (C=O) groups is 1. The number of carbonyl (C=O) groups excluding carboxylic acids is 1. The van der Waals surface area contributed by atoms with Gasteiger partial charge in [0.05, 0.1) is 12.2 Å². The minimum absolute atomic E-state index is 0.0873. The fraction of sp³-hybridized carbons (Fsp3) is 0.588. The average molecular weight is 291 g/mol. The molecule has 0 bridgehead atoms. The molecule has 0 atom stereocenters. The first-order chi connectivity index (χ1) is 10.3. The number of nitrogens with zero attached hydrogens (tertiary/aromatic N) is 1. The summed E-state index contributed by atoms with van der Waals surface area (Å²) in [4.78, 5) is 14.6. The van der Waals surface area contributed by atoms with Gasteiger partial charge in [-0.25, -0.2) is 0 Å². The maximum Gasteiger partial charge on any atom is 0.257 e. The normalized spacial score (nSPS) is 16.0. The number of para-hydroxylation sites is 1. The van der Waals surface area contributed by atoms with Crippen molar-refractivity contribution in [1.29, 1.82) is 0 Å². The topological polar surface area (TPSA) is 38.8 Å². The fourth-order valence-electron chi connectivity index (χ4n) is 2.80. The predicted molar refractivity (Wildman–Crippen MR) is 82.7 cm³/mol. The first kappa shape index (κ1) is 15.8. The zero-order valence-corrected chi connectivity index (χ0v) is 13.0. The number of methoxy groups -OCH3 is 1. The highest BCUT2D eigenvalue weighted by Gasteiger charge is 2.25. The van der Waals surface area contributed by atoms with Crippen LogP contribution in [0, 0.1) is 5.92 Å². The molecule has 4 nitrogen and oxygen atoms in total. The second-order valence-electron chi connectivity index (χ2n) is 5.45. The lowest BCUT2D eigenvalue weighted by atomic mass is 9.93. The molecule has 4 heteroatoms. The maximum atomic E-state index is 12.6. The third-order valence-corrected chi connectivity index (χ3v) is 4.05. The van der Waals surface area contributed by atoms with E-state index < -0.39 is 0 Å². The van der Waals surface area contributed by atoms with E-state index in [0.29, 0.717) is 23.8 Å². The zero-order valence-electron chi connectivity index (χ0n) is 13.0. The molecule has 1 amide bonds. The van der Waals surface area contributed by atoms with E-state index in [-0.39, 0.29) is 5.91 Å². The van der Waals surface area contributed by atoms with Gasteiger partial charge >= 0.3 is 0 Å². The van der Waals surface area contributed by atoms with E-state index in [1.54, 1.807) is 7.11 Å². The van der Waals surface area contributed by atoms with Gasteiger partial charge in [0.1, 0.15) is 5.75 Å². The molecular weight excluding hydrogens is 266 g/mol. The summed E-state index contributed by atoms with van der Waals surface area (Å²) < 4.78 is 10.7. The van der Waals surface area contributed by atoms with Crippen molar-refractivity contribution in [3.63, 3.8) is 0 Å². The van der Waals surface area contributed by atoms with Gasteiger partial charge in [-0.05, 0) is 44.2 Å². The number of ether oxygens (including phenoxy) is 2. The number of benzene rings is 1. The molecule has 1 aliphatic rings. The smallest absolute Gasteiger partial charge is 0.257 e. The summed E-state index contributed by atoms with van der Waals surface area (Å²) in [5, 5.41) is 0. The lowest BCUT2D eigenvalue weighted by Crippen LogP contribution is -2.38. The molecule has 1 saturated heterocycles. The molecule has 2 rings (SSSR count). The first-order valence-corrected chi connectivity index (χ1v) is 7.76. The predicted octanol–water partition coefficient (Wildman–Crippen LogP) is 2.97. The van der Waals surface area contributed by atoms with Crippen molar-refractivity contribution in [3.8, 4) is 5.75 Å². The Morgan fingerprint density at radius 3 is 2.67 bits per heavy atom. The monoisotopic (exact) mass is 291 g/mol. The number of likely N-dealkylation sites (tertiary alicyclic amines) is 1. The summed E-state index contributed by atoms with van der Waals surface area (Å²) in [6.45, 7) is 4.97. The maximum absolute atomic E-state index is 12.6. The SMILES string of the molecule is CCOc1ccccc1C(=O)N1CCC(CCOC)CC1. The van der Waals surface area contributed by atoms with E-state index in [1.165, 1.54) is 0 Å². The second-order valence-corrected chi connectivity index (χ2v) is 5.45. The fourth-order valence-corrected chi connectivity index (χ4v) is 2.80. The van der Waals surface area contributed by atoms with Crippen molar-refractivity contribution in [2.45, 2.75) is 26.2 Å². The van der Waals surface area contributed by atoms with E-state index in [0.717, 1.165) is 39.0 Å². The lowest BCUT2D eigenvalue weighted by molar-refractivity contribution is 0.0666. The number of hydrogen-bond acceptors (Lipinski definition) is 3. The molecule has 0 aliphatic carbocycles. The van der Waals surface area contributed by atoms with Crippen LogP contribution in [0.15, 0.2) is 24.3 Å². The molecule has 116 valence electrons. The van der Waals surface area contributed by atoms with Gasteiger partial charge in [-0.2, -0.15) is 0 Å². The molecule has 0 unspecified atom stereocenters. The third kappa shape index (κ3) is 4.21. The zero-order chi connectivity index (χ0) is 15.1. The van der Waals surface area contributed by atoms with E-state index in [9.17, 15) is 4.79 Å². The molecule has 0 spiro atoms. The molecule has 1 heterocycles. The van der Waals surface area contributed by atoms with Crippen molar-refractivity contribution < 1.29 is 14.3 Å². The van der Waals surface area contributed by atoms with Crippen LogP contribution in [0.3, 0.4) is 0 Å². The highest BCUT2D eigenvalue weighted by atomic mass is 16.5. The number of rotatable bonds is 6. The Hall–Kier alpha value is -1.55. The van der Waals surface area contributed by atoms with Gasteiger partial charge in [0.25, 0.3) is 5.91 Å². The van der Waals surface area contributed by atoms with E-state index >= 15 is 0 Å². The molecular formula is C17H25NO3. The van der Waals surface area contributed by atoms with Crippen molar-refractivity contribution >= 4 is 5.91 Å². The Kier molecular flexibility index (Phi) is 6.05. The van der Waals surface area contributed by atoms with Gasteiger partial charge in [0, 0.05) is 26.8 Å². The van der Waals surface area contributed by atoms with Crippen LogP contribution >= 0.6 is 0 Å². The molecule has 1 fully saturated rings. The van der Waals surface area contributed by atoms with Crippen LogP contribution < -0.4 is 4.74 Å². The van der Waals surface area contributed by atoms with Crippen molar-refractivity contribution in [2.75, 3.05) is 33.4 Å². The van der Waals surface area contributed by atoms with Crippen LogP contribution in [0.25, 0.3) is 0 Å². The Morgan fingerprint density at radius 2 is 2.00 bits per heavy atom. The van der Waals surface area contributed by atoms with Crippen LogP contribution in [0.4, 0.5) is 0 Å². The Bertz CT molecular complexity index is 453. The van der Waals surface area contributed by atoms with Crippen molar-refractivity contribution in [1.82, 2.24) is 4.90 Å². The Labute approximate surface area is 127 Å². The van der Waals surface area contributed by atoms with Crippen molar-refractivity contribution in [3.05, 3.63) is 29.8 Å². The van der Waals surface area contributed by atoms with Crippen LogP contribution in [-0.4, -0.2) is 44.2 Å². The molecule has 0 saturated carbocycles. The van der Waals surface area contributed by atoms with Crippen LogP contribution in [0.5, 0.6) is 5.75 Å². The van der Waals surface area contributed by atoms with Gasteiger partial charge in [0.2, 0.25) is 0 Å². The molecule has 0 aromatic heterocycles. The van der Waals surface area contributed by atoms with Gasteiger partial charge in [-0.3, -0.25) is 4.79 Å². The molecule has 21 heavy (non-hydrogen) atoms. The second kappa shape index (κ2) is 8.03. The summed E-state index contributed by atoms with van der Waals surface area (Å²) >= 11 is 0. The lowest BCUT2D eigenvalue weighted by Gasteiger charge is -2.32. The highest BCUT2D eigenvalue weighted by Crippen LogP contribution is 2.25. The summed E-state index contributed by atoms with van der Waals surface area (Å²) in [7, 11) is 1.74. The minimum atomic E-state index is 0.0873. The van der Waals surface area contributed by atoms with Gasteiger partial charge in [0.15, 0.2) is 0 Å². The summed E-state index contributed by atoms with van der Waals surface area (Å²) in [5.74, 6) is 1.45. The van der Waals surface area contributed by atoms with Crippen LogP contribution in [0.2, 0.25) is 0 Å². The quantitative estimate of drug-likeness (QED) is 0.809. The molecule has 1 aromatic rings. The molecule has 1 aliphatic heterocycles. The summed E-state index contributed by atoms with van der Waals surface area (Å²) in [6.07, 6.45) is 3.21. The Balaban J connectivity index is 1.96. The van der Waals surface area contributed by atoms with Crippen LogP contribution in [-0.2, 0) is 4.74 Å². The molecule has 0 radical (unpaired) electrons. The van der Waals surface area contributed by atoms with Gasteiger partial charge < -0.3 is 14.4 Å². The average Bonchev–Trinajstić information content (AvgIpc) is 2.53. The molecule has 1 aromatic carbocycles.